The highest BCUT2D eigenvalue weighted by molar-refractivity contribution is 9.10. The van der Waals surface area contributed by atoms with Gasteiger partial charge in [0.05, 0.1) is 6.42 Å². The zero-order chi connectivity index (χ0) is 14.4. The molecule has 0 unspecified atom stereocenters. The number of carbonyl (C=O) groups excluding carboxylic acids is 1. The first-order valence-corrected chi connectivity index (χ1v) is 8.20. The molecule has 1 heterocycles. The molecule has 0 saturated carbocycles. The van der Waals surface area contributed by atoms with E-state index in [0.717, 1.165) is 29.7 Å². The molecule has 1 atom stereocenters. The number of rotatable bonds is 5. The van der Waals surface area contributed by atoms with Gasteiger partial charge in [-0.3, -0.25) is 4.79 Å². The molecule has 110 valence electrons. The summed E-state index contributed by atoms with van der Waals surface area (Å²) in [7, 11) is 0. The smallest absolute Gasteiger partial charge is 0.224 e. The zero-order valence-corrected chi connectivity index (χ0v) is 13.7. The second-order valence-corrected chi connectivity index (χ2v) is 6.33. The van der Waals surface area contributed by atoms with Crippen LogP contribution >= 0.6 is 15.9 Å². The van der Waals surface area contributed by atoms with Crippen LogP contribution in [0.5, 0.6) is 0 Å². The van der Waals surface area contributed by atoms with Gasteiger partial charge in [0, 0.05) is 17.6 Å². The van der Waals surface area contributed by atoms with Crippen molar-refractivity contribution in [2.75, 3.05) is 26.2 Å². The fraction of sp³-hybridized carbons (Fsp3) is 0.562. The van der Waals surface area contributed by atoms with Crippen molar-refractivity contribution in [2.45, 2.75) is 26.2 Å². The number of amides is 1. The van der Waals surface area contributed by atoms with E-state index in [2.05, 4.69) is 33.1 Å². The molecule has 1 aromatic rings. The molecule has 0 spiro atoms. The Kier molecular flexibility index (Phi) is 6.05. The fourth-order valence-electron chi connectivity index (χ4n) is 2.74. The lowest BCUT2D eigenvalue weighted by Gasteiger charge is -2.31. The largest absolute Gasteiger partial charge is 0.355 e. The van der Waals surface area contributed by atoms with E-state index in [1.54, 1.807) is 0 Å². The van der Waals surface area contributed by atoms with E-state index in [1.165, 1.54) is 19.4 Å². The number of piperidine rings is 1. The van der Waals surface area contributed by atoms with Gasteiger partial charge < -0.3 is 10.2 Å². The van der Waals surface area contributed by atoms with E-state index in [4.69, 9.17) is 0 Å². The van der Waals surface area contributed by atoms with Crippen LogP contribution in [0.4, 0.5) is 0 Å². The predicted molar refractivity (Wildman–Crippen MR) is 85.7 cm³/mol. The number of benzene rings is 1. The quantitative estimate of drug-likeness (QED) is 0.895. The van der Waals surface area contributed by atoms with Crippen molar-refractivity contribution in [3.05, 3.63) is 34.3 Å². The highest BCUT2D eigenvalue weighted by atomic mass is 79.9. The summed E-state index contributed by atoms with van der Waals surface area (Å²) >= 11 is 3.48. The van der Waals surface area contributed by atoms with Gasteiger partial charge in [-0.2, -0.15) is 0 Å². The summed E-state index contributed by atoms with van der Waals surface area (Å²) in [5.74, 6) is 0.720. The van der Waals surface area contributed by atoms with Gasteiger partial charge in [0.1, 0.15) is 0 Å². The molecule has 0 radical (unpaired) electrons. The zero-order valence-electron chi connectivity index (χ0n) is 12.1. The molecule has 3 nitrogen and oxygen atoms in total. The Morgan fingerprint density at radius 3 is 3.00 bits per heavy atom. The summed E-state index contributed by atoms with van der Waals surface area (Å²) < 4.78 is 1.00. The average molecular weight is 339 g/mol. The highest BCUT2D eigenvalue weighted by Gasteiger charge is 2.19. The Labute approximate surface area is 129 Å². The second-order valence-electron chi connectivity index (χ2n) is 5.47. The molecule has 1 aliphatic heterocycles. The molecule has 4 heteroatoms. The highest BCUT2D eigenvalue weighted by Crippen LogP contribution is 2.17. The van der Waals surface area contributed by atoms with Crippen LogP contribution in [0.2, 0.25) is 0 Å². The van der Waals surface area contributed by atoms with Gasteiger partial charge in [0.2, 0.25) is 5.91 Å². The van der Waals surface area contributed by atoms with Gasteiger partial charge in [-0.05, 0) is 43.5 Å². The first-order chi connectivity index (χ1) is 9.69. The normalized spacial score (nSPS) is 19.8. The van der Waals surface area contributed by atoms with E-state index in [0.29, 0.717) is 12.3 Å². The van der Waals surface area contributed by atoms with Crippen LogP contribution in [0.1, 0.15) is 25.3 Å². The van der Waals surface area contributed by atoms with Crippen molar-refractivity contribution in [1.29, 1.82) is 0 Å². The maximum atomic E-state index is 12.0. The number of nitrogens with one attached hydrogen (secondary N) is 1. The molecule has 1 aromatic carbocycles. The van der Waals surface area contributed by atoms with Crippen LogP contribution in [0.15, 0.2) is 28.7 Å². The van der Waals surface area contributed by atoms with Crippen LogP contribution in [0, 0.1) is 5.92 Å². The van der Waals surface area contributed by atoms with Gasteiger partial charge in [-0.15, -0.1) is 0 Å². The first kappa shape index (κ1) is 15.5. The lowest BCUT2D eigenvalue weighted by atomic mass is 9.98. The van der Waals surface area contributed by atoms with E-state index in [1.807, 2.05) is 24.3 Å². The predicted octanol–water partition coefficient (Wildman–Crippen LogP) is 2.84. The van der Waals surface area contributed by atoms with Crippen molar-refractivity contribution >= 4 is 21.8 Å². The lowest BCUT2D eigenvalue weighted by Crippen LogP contribution is -2.41. The standard InChI is InChI=1S/C16H23BrN2O/c1-2-19-9-5-6-13(12-19)11-18-16(20)10-14-7-3-4-8-15(14)17/h3-4,7-8,13H,2,5-6,9-12H2,1H3,(H,18,20)/t13-/m0/s1. The average Bonchev–Trinajstić information content (AvgIpc) is 2.48. The Balaban J connectivity index is 1.76. The molecule has 1 amide bonds. The number of carbonyl (C=O) groups is 1. The Hall–Kier alpha value is -0.870. The van der Waals surface area contributed by atoms with Gasteiger partial charge in [-0.1, -0.05) is 41.1 Å². The van der Waals surface area contributed by atoms with E-state index in [9.17, 15) is 4.79 Å². The van der Waals surface area contributed by atoms with E-state index < -0.39 is 0 Å². The topological polar surface area (TPSA) is 32.3 Å². The third-order valence-electron chi connectivity index (χ3n) is 3.95. The van der Waals surface area contributed by atoms with Crippen LogP contribution < -0.4 is 5.32 Å². The Morgan fingerprint density at radius 1 is 1.45 bits per heavy atom. The monoisotopic (exact) mass is 338 g/mol. The van der Waals surface area contributed by atoms with Crippen LogP contribution in [-0.4, -0.2) is 37.0 Å². The SMILES string of the molecule is CCN1CCC[C@@H](CNC(=O)Cc2ccccc2Br)C1. The minimum absolute atomic E-state index is 0.116. The molecule has 0 aromatic heterocycles. The minimum Gasteiger partial charge on any atom is -0.355 e. The molecule has 0 bridgehead atoms. The third kappa shape index (κ3) is 4.60. The number of halogens is 1. The second kappa shape index (κ2) is 7.79. The molecule has 1 fully saturated rings. The summed E-state index contributed by atoms with van der Waals surface area (Å²) in [6.07, 6.45) is 2.93. The Morgan fingerprint density at radius 2 is 2.25 bits per heavy atom. The lowest BCUT2D eigenvalue weighted by molar-refractivity contribution is -0.120. The number of nitrogens with zero attached hydrogens (tertiary/aromatic N) is 1. The van der Waals surface area contributed by atoms with Crippen molar-refractivity contribution in [3.63, 3.8) is 0 Å². The maximum absolute atomic E-state index is 12.0. The van der Waals surface area contributed by atoms with Gasteiger partial charge >= 0.3 is 0 Å². The molecule has 1 aliphatic rings. The fourth-order valence-corrected chi connectivity index (χ4v) is 3.17. The van der Waals surface area contributed by atoms with Crippen molar-refractivity contribution in [2.24, 2.45) is 5.92 Å². The summed E-state index contributed by atoms with van der Waals surface area (Å²) in [5.41, 5.74) is 1.05. The molecule has 20 heavy (non-hydrogen) atoms. The van der Waals surface area contributed by atoms with Crippen LogP contribution in [0.3, 0.4) is 0 Å². The minimum atomic E-state index is 0.116. The summed E-state index contributed by atoms with van der Waals surface area (Å²) in [6, 6.07) is 7.90. The third-order valence-corrected chi connectivity index (χ3v) is 4.72. The van der Waals surface area contributed by atoms with Crippen LogP contribution in [0.25, 0.3) is 0 Å². The van der Waals surface area contributed by atoms with Crippen molar-refractivity contribution in [1.82, 2.24) is 10.2 Å². The van der Waals surface area contributed by atoms with Gasteiger partial charge in [-0.25, -0.2) is 0 Å². The summed E-state index contributed by atoms with van der Waals surface area (Å²) in [6.45, 7) is 6.44. The molecular weight excluding hydrogens is 316 g/mol. The number of likely N-dealkylation sites (tertiary alicyclic amines) is 1. The summed E-state index contributed by atoms with van der Waals surface area (Å²) in [5, 5.41) is 3.09. The number of hydrogen-bond acceptors (Lipinski definition) is 2. The Bertz CT molecular complexity index is 450. The maximum Gasteiger partial charge on any atom is 0.224 e. The summed E-state index contributed by atoms with van der Waals surface area (Å²) in [4.78, 5) is 14.5. The van der Waals surface area contributed by atoms with Gasteiger partial charge in [0.25, 0.3) is 0 Å². The van der Waals surface area contributed by atoms with E-state index in [-0.39, 0.29) is 5.91 Å². The van der Waals surface area contributed by atoms with Crippen molar-refractivity contribution < 1.29 is 4.79 Å². The van der Waals surface area contributed by atoms with Crippen LogP contribution in [-0.2, 0) is 11.2 Å². The molecule has 1 saturated heterocycles. The van der Waals surface area contributed by atoms with Gasteiger partial charge in [0.15, 0.2) is 0 Å². The molecular formula is C16H23BrN2O. The van der Waals surface area contributed by atoms with Crippen molar-refractivity contribution in [3.8, 4) is 0 Å². The first-order valence-electron chi connectivity index (χ1n) is 7.41. The molecule has 2 rings (SSSR count). The van der Waals surface area contributed by atoms with E-state index >= 15 is 0 Å². The number of hydrogen-bond donors (Lipinski definition) is 1. The molecule has 0 aliphatic carbocycles. The molecule has 1 N–H and O–H groups in total.